The Morgan fingerprint density at radius 3 is 1.60 bits per heavy atom. The molecule has 10 rings (SSSR count). The fourth-order valence-electron chi connectivity index (χ4n) is 17.3. The second kappa shape index (κ2) is 0.719. The van der Waals surface area contributed by atoms with Gasteiger partial charge >= 0.3 is 99.0 Å². The zero-order chi connectivity index (χ0) is 13.4. The Kier molecular flexibility index (Phi) is 0.302. The molecule has 0 bridgehead atoms. The monoisotopic (exact) mass is 460 g/mol. The van der Waals surface area contributed by atoms with Gasteiger partial charge < -0.3 is 0 Å². The van der Waals surface area contributed by atoms with Crippen LogP contribution in [0.25, 0.3) is 0 Å². The number of carbonyl (C=O) groups excluding carboxylic acids is 2. The van der Waals surface area contributed by atoms with Crippen LogP contribution in [-0.4, -0.2) is 17.7 Å². The summed E-state index contributed by atoms with van der Waals surface area (Å²) >= 11 is 0. The van der Waals surface area contributed by atoms with Crippen molar-refractivity contribution in [1.82, 2.24) is 0 Å². The average Bonchev–Trinajstić information content (AvgIpc) is 3.30. The predicted octanol–water partition coefficient (Wildman–Crippen LogP) is 3.84. The third-order valence-corrected chi connectivity index (χ3v) is 113. The van der Waals surface area contributed by atoms with E-state index in [1.54, 1.807) is 0 Å². The molecule has 10 saturated heterocycles. The van der Waals surface area contributed by atoms with E-state index in [0.29, 0.717) is 8.94 Å². The van der Waals surface area contributed by atoms with Crippen LogP contribution in [0.3, 0.4) is 0 Å². The molecule has 0 aromatic heterocycles. The molecule has 0 saturated carbocycles. The molecule has 0 amide bonds. The molecule has 10 aliphatic heterocycles. The van der Waals surface area contributed by atoms with E-state index >= 15 is 0 Å². The molecule has 4 unspecified atom stereocenters. The summed E-state index contributed by atoms with van der Waals surface area (Å²) in [6.07, 6.45) is -5.65. The molecule has 4 atom stereocenters. The number of carbonyl (C=O) groups is 2. The molecule has 10 heterocycles. The zero-order valence-corrected chi connectivity index (χ0v) is 12.7. The Bertz CT molecular complexity index is 1050. The van der Waals surface area contributed by atoms with Crippen molar-refractivity contribution < 1.29 is 30.6 Å². The molecule has 1 spiro atoms. The van der Waals surface area contributed by atoms with Crippen LogP contribution in [0.15, 0.2) is 0 Å². The van der Waals surface area contributed by atoms with Crippen LogP contribution in [-0.2, 0) is 17.5 Å². The van der Waals surface area contributed by atoms with Crippen molar-refractivity contribution in [2.45, 2.75) is 56.8 Å². The van der Waals surface area contributed by atoms with E-state index in [2.05, 4.69) is 0 Å². The van der Waals surface area contributed by atoms with E-state index in [0.717, 1.165) is 31.3 Å². The van der Waals surface area contributed by atoms with Gasteiger partial charge in [-0.3, -0.25) is 0 Å². The van der Waals surface area contributed by atoms with Gasteiger partial charge in [-0.2, -0.15) is 0 Å². The molecule has 0 aromatic carbocycles. The minimum atomic E-state index is -4.83. The van der Waals surface area contributed by atoms with Gasteiger partial charge in [0, 0.05) is 0 Å². The summed E-state index contributed by atoms with van der Waals surface area (Å²) in [4.78, 5) is 24.1. The van der Waals surface area contributed by atoms with Crippen LogP contribution in [0.2, 0.25) is 44.2 Å². The third-order valence-electron chi connectivity index (χ3n) is 15.7. The average molecular weight is 458 g/mol. The first-order chi connectivity index (χ1) is 9.09. The summed E-state index contributed by atoms with van der Waals surface area (Å²) in [6, 6.07) is 0. The normalized spacial score (nSPS) is 104. The summed E-state index contributed by atoms with van der Waals surface area (Å²) in [5.74, 6) is -1.99. The maximum atomic E-state index is 12.8. The first-order valence-corrected chi connectivity index (χ1v) is 21.9. The number of rotatable bonds is 3. The number of Topliss-reactive ketones (excluding diaryl/α,β-unsaturated/α-hetero) is 2. The molecule has 0 N–H and O–H groups in total. The molecule has 10 fully saturated rings. The van der Waals surface area contributed by atoms with E-state index < -0.39 is 26.3 Å². The minimum absolute atomic E-state index is 0.181. The summed E-state index contributed by atoms with van der Waals surface area (Å²) in [7, 11) is -4.08. The van der Waals surface area contributed by atoms with Gasteiger partial charge in [-0.05, 0) is 0 Å². The van der Waals surface area contributed by atoms with Crippen molar-refractivity contribution in [2.24, 2.45) is 0 Å². The molecule has 6 heteroatoms. The van der Waals surface area contributed by atoms with Crippen LogP contribution in [0.1, 0.15) is 6.42 Å². The van der Waals surface area contributed by atoms with Crippen molar-refractivity contribution in [2.75, 3.05) is 0 Å². The fourth-order valence-corrected chi connectivity index (χ4v) is 242. The standard InChI is InChI=1S/C9H6F3O2.C5H5.Os/c10-9(11,12)8(14)5-7(13)6-3-1-2-4-6;1-2-4-5-3-1;/h1-4H,5H2;1-5H;. The number of hydrogen-bond donors (Lipinski definition) is 0. The number of halogens is 3. The van der Waals surface area contributed by atoms with Crippen LogP contribution in [0.4, 0.5) is 13.2 Å². The SMILES string of the molecule is O=C(CC(=O)[C]12[CH]3[CH]4[CH]5[CH]1[Os]45321678[CH]2[CH]1[CH]6[CH]7[CH]28)C(F)(F)F. The van der Waals surface area contributed by atoms with Gasteiger partial charge in [0.25, 0.3) is 0 Å². The number of fused-ring (bicyclic) bond motifs is 10. The van der Waals surface area contributed by atoms with Gasteiger partial charge in [0.05, 0.1) is 0 Å². The molecule has 0 aliphatic carbocycles. The Morgan fingerprint density at radius 1 is 0.900 bits per heavy atom. The van der Waals surface area contributed by atoms with Gasteiger partial charge in [0.2, 0.25) is 0 Å². The van der Waals surface area contributed by atoms with Crippen molar-refractivity contribution in [3.05, 3.63) is 0 Å². The van der Waals surface area contributed by atoms with Crippen LogP contribution >= 0.6 is 0 Å². The van der Waals surface area contributed by atoms with Crippen molar-refractivity contribution in [1.29, 1.82) is 0 Å². The van der Waals surface area contributed by atoms with Gasteiger partial charge in [-0.25, -0.2) is 0 Å². The topological polar surface area (TPSA) is 34.1 Å². The summed E-state index contributed by atoms with van der Waals surface area (Å²) in [5.41, 5.74) is 0. The Hall–Kier alpha value is -0.234. The summed E-state index contributed by atoms with van der Waals surface area (Å²) < 4.78 is 45.2. The molecule has 10 aliphatic rings. The summed E-state index contributed by atoms with van der Waals surface area (Å²) in [6.45, 7) is 0. The predicted molar refractivity (Wildman–Crippen MR) is 57.1 cm³/mol. The van der Waals surface area contributed by atoms with Gasteiger partial charge in [0.15, 0.2) is 0 Å². The molecule has 0 aromatic rings. The van der Waals surface area contributed by atoms with Crippen LogP contribution in [0.5, 0.6) is 0 Å². The van der Waals surface area contributed by atoms with Gasteiger partial charge in [-0.15, -0.1) is 0 Å². The Labute approximate surface area is 99.1 Å². The maximum absolute atomic E-state index is 12.8. The quantitative estimate of drug-likeness (QED) is 0.603. The van der Waals surface area contributed by atoms with Crippen molar-refractivity contribution in [3.8, 4) is 0 Å². The van der Waals surface area contributed by atoms with Crippen LogP contribution < -0.4 is 0 Å². The number of alkyl halides is 3. The third kappa shape index (κ3) is 0.0954. The van der Waals surface area contributed by atoms with Crippen molar-refractivity contribution in [3.63, 3.8) is 0 Å². The molecular formula is C14H11F3O2Os. The second-order valence-electron chi connectivity index (χ2n) is 11.2. The van der Waals surface area contributed by atoms with Crippen LogP contribution in [0, 0.1) is 0 Å². The zero-order valence-electron chi connectivity index (χ0n) is 10.2. The fraction of sp³-hybridized carbons (Fsp3) is 0.857. The van der Waals surface area contributed by atoms with E-state index in [9.17, 15) is 22.8 Å². The second-order valence-corrected chi connectivity index (χ2v) is 65.4. The van der Waals surface area contributed by atoms with E-state index in [4.69, 9.17) is 0 Å². The molecular weight excluding hydrogens is 447 g/mol. The number of hydrogen-bond acceptors (Lipinski definition) is 2. The first-order valence-electron chi connectivity index (χ1n) is 7.44. The van der Waals surface area contributed by atoms with E-state index in [1.165, 1.54) is 0 Å². The Morgan fingerprint density at radius 2 is 1.35 bits per heavy atom. The first kappa shape index (κ1) is 8.41. The molecule has 20 heavy (non-hydrogen) atoms. The summed E-state index contributed by atoms with van der Waals surface area (Å²) in [5, 5.41) is 0. The van der Waals surface area contributed by atoms with Gasteiger partial charge in [0.1, 0.15) is 0 Å². The number of ketones is 2. The van der Waals surface area contributed by atoms with Crippen molar-refractivity contribution >= 4 is 11.6 Å². The molecule has 108 valence electrons. The van der Waals surface area contributed by atoms with E-state index in [-0.39, 0.29) is 9.75 Å². The Balaban J connectivity index is 1.29. The molecule has 2 nitrogen and oxygen atoms in total. The van der Waals surface area contributed by atoms with E-state index in [1.807, 2.05) is 0 Å². The van der Waals surface area contributed by atoms with Gasteiger partial charge in [-0.1, -0.05) is 0 Å². The molecule has 0 radical (unpaired) electrons.